The summed E-state index contributed by atoms with van der Waals surface area (Å²) >= 11 is 0. The highest BCUT2D eigenvalue weighted by molar-refractivity contribution is 5.95. The van der Waals surface area contributed by atoms with Crippen LogP contribution in [0.1, 0.15) is 29.9 Å². The maximum atomic E-state index is 11.5. The van der Waals surface area contributed by atoms with Gasteiger partial charge in [0.1, 0.15) is 0 Å². The van der Waals surface area contributed by atoms with Crippen molar-refractivity contribution in [2.45, 2.75) is 25.2 Å². The SMILES string of the molecule is O=C(O)CCC(=O)NC(=O)NCC1Cc2ccccc21. The average Bonchev–Trinajstić information content (AvgIpc) is 2.37. The van der Waals surface area contributed by atoms with Crippen LogP contribution in [0, 0.1) is 0 Å². The molecule has 0 saturated carbocycles. The maximum Gasteiger partial charge on any atom is 0.321 e. The van der Waals surface area contributed by atoms with Crippen LogP contribution in [0.3, 0.4) is 0 Å². The summed E-state index contributed by atoms with van der Waals surface area (Å²) in [6, 6.07) is 7.45. The van der Waals surface area contributed by atoms with Crippen LogP contribution in [0.15, 0.2) is 24.3 Å². The molecule has 0 saturated heterocycles. The molecular weight excluding hydrogens is 260 g/mol. The molecule has 1 unspecified atom stereocenters. The zero-order valence-corrected chi connectivity index (χ0v) is 10.9. The number of carboxylic acid groups (broad SMARTS) is 1. The fourth-order valence-electron chi connectivity index (χ4n) is 2.21. The van der Waals surface area contributed by atoms with Crippen molar-refractivity contribution in [1.82, 2.24) is 10.6 Å². The van der Waals surface area contributed by atoms with E-state index in [0.29, 0.717) is 6.54 Å². The van der Waals surface area contributed by atoms with Crippen molar-refractivity contribution in [2.75, 3.05) is 6.54 Å². The van der Waals surface area contributed by atoms with Crippen LogP contribution < -0.4 is 10.6 Å². The molecule has 0 aliphatic heterocycles. The number of hydrogen-bond acceptors (Lipinski definition) is 3. The predicted octanol–water partition coefficient (Wildman–Crippen LogP) is 1.02. The van der Waals surface area contributed by atoms with Gasteiger partial charge in [0.2, 0.25) is 5.91 Å². The number of amides is 3. The fraction of sp³-hybridized carbons (Fsp3) is 0.357. The quantitative estimate of drug-likeness (QED) is 0.748. The number of benzene rings is 1. The summed E-state index contributed by atoms with van der Waals surface area (Å²) in [4.78, 5) is 33.0. The van der Waals surface area contributed by atoms with Crippen LogP contribution >= 0.6 is 0 Å². The highest BCUT2D eigenvalue weighted by Crippen LogP contribution is 2.33. The zero-order chi connectivity index (χ0) is 14.5. The van der Waals surface area contributed by atoms with Gasteiger partial charge in [0.05, 0.1) is 6.42 Å². The molecule has 0 radical (unpaired) electrons. The van der Waals surface area contributed by atoms with Gasteiger partial charge >= 0.3 is 12.0 Å². The van der Waals surface area contributed by atoms with E-state index in [1.54, 1.807) is 0 Å². The average molecular weight is 276 g/mol. The highest BCUT2D eigenvalue weighted by Gasteiger charge is 2.25. The van der Waals surface area contributed by atoms with Crippen molar-refractivity contribution in [3.8, 4) is 0 Å². The Labute approximate surface area is 116 Å². The first kappa shape index (κ1) is 14.0. The molecule has 6 nitrogen and oxygen atoms in total. The summed E-state index contributed by atoms with van der Waals surface area (Å²) in [7, 11) is 0. The van der Waals surface area contributed by atoms with Crippen molar-refractivity contribution in [1.29, 1.82) is 0 Å². The molecule has 3 amide bonds. The lowest BCUT2D eigenvalue weighted by Crippen LogP contribution is -2.42. The van der Waals surface area contributed by atoms with Gasteiger partial charge in [-0.1, -0.05) is 24.3 Å². The lowest BCUT2D eigenvalue weighted by atomic mass is 9.78. The van der Waals surface area contributed by atoms with E-state index in [1.165, 1.54) is 11.1 Å². The lowest BCUT2D eigenvalue weighted by Gasteiger charge is -2.30. The summed E-state index contributed by atoms with van der Waals surface area (Å²) in [5, 5.41) is 13.2. The number of carbonyl (C=O) groups is 3. The fourth-order valence-corrected chi connectivity index (χ4v) is 2.21. The Morgan fingerprint density at radius 3 is 2.65 bits per heavy atom. The van der Waals surface area contributed by atoms with Crippen LogP contribution in [0.25, 0.3) is 0 Å². The molecule has 1 atom stereocenters. The summed E-state index contributed by atoms with van der Waals surface area (Å²) in [6.07, 6.45) is 0.438. The van der Waals surface area contributed by atoms with Crippen molar-refractivity contribution in [2.24, 2.45) is 0 Å². The van der Waals surface area contributed by atoms with Gasteiger partial charge in [-0.15, -0.1) is 0 Å². The monoisotopic (exact) mass is 276 g/mol. The molecule has 0 bridgehead atoms. The number of carboxylic acids is 1. The number of rotatable bonds is 5. The van der Waals surface area contributed by atoms with Gasteiger partial charge in [0, 0.05) is 18.9 Å². The summed E-state index contributed by atoms with van der Waals surface area (Å²) in [6.45, 7) is 0.467. The van der Waals surface area contributed by atoms with E-state index in [9.17, 15) is 14.4 Å². The molecule has 0 heterocycles. The van der Waals surface area contributed by atoms with E-state index in [2.05, 4.69) is 16.7 Å². The summed E-state index contributed by atoms with van der Waals surface area (Å²) < 4.78 is 0. The van der Waals surface area contributed by atoms with Crippen molar-refractivity contribution >= 4 is 17.9 Å². The number of imide groups is 1. The molecule has 106 valence electrons. The zero-order valence-electron chi connectivity index (χ0n) is 10.9. The third-order valence-corrected chi connectivity index (χ3v) is 3.29. The largest absolute Gasteiger partial charge is 0.481 e. The minimum absolute atomic E-state index is 0.199. The van der Waals surface area contributed by atoms with Gasteiger partial charge in [0.25, 0.3) is 0 Å². The Bertz CT molecular complexity index is 542. The van der Waals surface area contributed by atoms with E-state index in [-0.39, 0.29) is 18.8 Å². The van der Waals surface area contributed by atoms with Crippen LogP contribution in [0.5, 0.6) is 0 Å². The Kier molecular flexibility index (Phi) is 4.34. The minimum atomic E-state index is -1.06. The number of fused-ring (bicyclic) bond motifs is 1. The lowest BCUT2D eigenvalue weighted by molar-refractivity contribution is -0.138. The second-order valence-corrected chi connectivity index (χ2v) is 4.75. The van der Waals surface area contributed by atoms with Crippen molar-refractivity contribution in [3.63, 3.8) is 0 Å². The molecule has 20 heavy (non-hydrogen) atoms. The van der Waals surface area contributed by atoms with Gasteiger partial charge in [-0.2, -0.15) is 0 Å². The van der Waals surface area contributed by atoms with Gasteiger partial charge in [-0.05, 0) is 17.5 Å². The van der Waals surface area contributed by atoms with Gasteiger partial charge in [-0.25, -0.2) is 4.79 Å². The van der Waals surface area contributed by atoms with E-state index in [4.69, 9.17) is 5.11 Å². The number of aliphatic carboxylic acids is 1. The first-order valence-electron chi connectivity index (χ1n) is 6.43. The number of hydrogen-bond donors (Lipinski definition) is 3. The highest BCUT2D eigenvalue weighted by atomic mass is 16.4. The minimum Gasteiger partial charge on any atom is -0.481 e. The molecule has 6 heteroatoms. The van der Waals surface area contributed by atoms with Crippen LogP contribution in [0.4, 0.5) is 4.79 Å². The second-order valence-electron chi connectivity index (χ2n) is 4.75. The molecule has 0 spiro atoms. The normalized spacial score (nSPS) is 15.7. The Hall–Kier alpha value is -2.37. The molecular formula is C14H16N2O4. The van der Waals surface area contributed by atoms with Gasteiger partial charge < -0.3 is 10.4 Å². The Morgan fingerprint density at radius 1 is 1.20 bits per heavy atom. The topological polar surface area (TPSA) is 95.5 Å². The number of carbonyl (C=O) groups excluding carboxylic acids is 2. The maximum absolute atomic E-state index is 11.5. The number of nitrogens with one attached hydrogen (secondary N) is 2. The summed E-state index contributed by atoms with van der Waals surface area (Å²) in [5.74, 6) is -1.36. The third-order valence-electron chi connectivity index (χ3n) is 3.29. The second kappa shape index (κ2) is 6.18. The van der Waals surface area contributed by atoms with Crippen molar-refractivity contribution in [3.05, 3.63) is 35.4 Å². The van der Waals surface area contributed by atoms with Crippen LogP contribution in [-0.4, -0.2) is 29.6 Å². The van der Waals surface area contributed by atoms with Crippen LogP contribution in [-0.2, 0) is 16.0 Å². The Balaban J connectivity index is 1.69. The van der Waals surface area contributed by atoms with Crippen LogP contribution in [0.2, 0.25) is 0 Å². The smallest absolute Gasteiger partial charge is 0.321 e. The molecule has 1 aromatic rings. The molecule has 2 rings (SSSR count). The summed E-state index contributed by atoms with van der Waals surface area (Å²) in [5.41, 5.74) is 2.52. The molecule has 1 aliphatic carbocycles. The van der Waals surface area contributed by atoms with E-state index < -0.39 is 17.9 Å². The molecule has 3 N–H and O–H groups in total. The van der Waals surface area contributed by atoms with Gasteiger partial charge in [-0.3, -0.25) is 14.9 Å². The van der Waals surface area contributed by atoms with Gasteiger partial charge in [0.15, 0.2) is 0 Å². The van der Waals surface area contributed by atoms with E-state index in [1.807, 2.05) is 18.2 Å². The van der Waals surface area contributed by atoms with Crippen molar-refractivity contribution < 1.29 is 19.5 Å². The third kappa shape index (κ3) is 3.57. The van der Waals surface area contributed by atoms with E-state index in [0.717, 1.165) is 6.42 Å². The number of urea groups is 1. The van der Waals surface area contributed by atoms with E-state index >= 15 is 0 Å². The molecule has 1 aliphatic rings. The Morgan fingerprint density at radius 2 is 1.95 bits per heavy atom. The first-order chi connectivity index (χ1) is 9.56. The molecule has 0 aromatic heterocycles. The molecule has 0 fully saturated rings. The molecule has 1 aromatic carbocycles. The predicted molar refractivity (Wildman–Crippen MR) is 71.3 cm³/mol. The first-order valence-corrected chi connectivity index (χ1v) is 6.43. The standard InChI is InChI=1S/C14H16N2O4/c17-12(5-6-13(18)19)16-14(20)15-8-10-7-9-3-1-2-4-11(9)10/h1-4,10H,5-8H2,(H,18,19)(H2,15,16,17,20).